The Morgan fingerprint density at radius 3 is 0.889 bits per heavy atom. The van der Waals surface area contributed by atoms with Crippen molar-refractivity contribution in [2.24, 2.45) is 11.8 Å². The smallest absolute Gasteiger partial charge is 0.0414 e. The van der Waals surface area contributed by atoms with E-state index in [2.05, 4.69) is 0 Å². The molecule has 0 atom stereocenters. The second kappa shape index (κ2) is 8.99. The summed E-state index contributed by atoms with van der Waals surface area (Å²) in [7, 11) is 0. The van der Waals surface area contributed by atoms with Gasteiger partial charge >= 0.3 is 0 Å². The van der Waals surface area contributed by atoms with Gasteiger partial charge in [-0.1, -0.05) is 103 Å². The molecule has 0 saturated heterocycles. The lowest BCUT2D eigenvalue weighted by molar-refractivity contribution is 0.243. The molecule has 0 aromatic heterocycles. The molecule has 0 aliphatic heterocycles. The Morgan fingerprint density at radius 1 is 0.278 bits per heavy atom. The summed E-state index contributed by atoms with van der Waals surface area (Å²) in [6.45, 7) is 0. The van der Waals surface area contributed by atoms with Gasteiger partial charge in [-0.2, -0.15) is 0 Å². The van der Waals surface area contributed by atoms with E-state index in [0.717, 1.165) is 11.8 Å². The summed E-state index contributed by atoms with van der Waals surface area (Å²) in [5.41, 5.74) is 0. The van der Waals surface area contributed by atoms with Gasteiger partial charge in [0.2, 0.25) is 0 Å². The van der Waals surface area contributed by atoms with Gasteiger partial charge in [0.15, 0.2) is 0 Å². The van der Waals surface area contributed by atoms with E-state index < -0.39 is 0 Å². The topological polar surface area (TPSA) is 0 Å². The fourth-order valence-electron chi connectivity index (χ4n) is 4.09. The molecule has 0 aromatic rings. The van der Waals surface area contributed by atoms with Crippen molar-refractivity contribution < 1.29 is 0 Å². The third-order valence-electron chi connectivity index (χ3n) is 5.44. The Kier molecular flexibility index (Phi) is 7.20. The molecule has 0 amide bonds. The minimum atomic E-state index is 1.11. The van der Waals surface area contributed by atoms with Crippen LogP contribution in [0.3, 0.4) is 0 Å². The summed E-state index contributed by atoms with van der Waals surface area (Å²) in [5, 5.41) is 0. The molecule has 3 fully saturated rings. The van der Waals surface area contributed by atoms with Crippen molar-refractivity contribution in [1.29, 1.82) is 0 Å². The van der Waals surface area contributed by atoms with E-state index in [1.165, 1.54) is 64.2 Å². The van der Waals surface area contributed by atoms with E-state index in [0.29, 0.717) is 0 Å². The number of rotatable bonds is 0. The van der Waals surface area contributed by atoms with Gasteiger partial charge in [0.25, 0.3) is 0 Å². The molecule has 106 valence electrons. The quantitative estimate of drug-likeness (QED) is 0.461. The van der Waals surface area contributed by atoms with Crippen LogP contribution in [0.2, 0.25) is 0 Å². The monoisotopic (exact) mass is 250 g/mol. The van der Waals surface area contributed by atoms with Gasteiger partial charge in [0.05, 0.1) is 0 Å². The van der Waals surface area contributed by atoms with Crippen LogP contribution in [0.1, 0.15) is 103 Å². The molecule has 0 spiro atoms. The first kappa shape index (κ1) is 14.4. The van der Waals surface area contributed by atoms with Crippen LogP contribution in [-0.4, -0.2) is 0 Å². The molecule has 0 nitrogen and oxygen atoms in total. The highest BCUT2D eigenvalue weighted by molar-refractivity contribution is 4.73. The second-order valence-corrected chi connectivity index (χ2v) is 7.00. The van der Waals surface area contributed by atoms with Crippen molar-refractivity contribution in [2.75, 3.05) is 0 Å². The lowest BCUT2D eigenvalue weighted by atomic mass is 9.78. The van der Waals surface area contributed by atoms with Crippen molar-refractivity contribution in [2.45, 2.75) is 103 Å². The number of hydrogen-bond acceptors (Lipinski definition) is 0. The fraction of sp³-hybridized carbons (Fsp3) is 1.00. The molecular weight excluding hydrogens is 216 g/mol. The van der Waals surface area contributed by atoms with Crippen LogP contribution in [0, 0.1) is 11.8 Å². The zero-order valence-electron chi connectivity index (χ0n) is 12.5. The summed E-state index contributed by atoms with van der Waals surface area (Å²) in [6.07, 6.45) is 24.5. The lowest BCUT2D eigenvalue weighted by Crippen LogP contribution is -2.14. The molecule has 3 aliphatic carbocycles. The maximum absolute atomic E-state index is 1.56. The van der Waals surface area contributed by atoms with Gasteiger partial charge in [-0.25, -0.2) is 0 Å². The second-order valence-electron chi connectivity index (χ2n) is 7.00. The van der Waals surface area contributed by atoms with E-state index >= 15 is 0 Å². The van der Waals surface area contributed by atoms with Crippen LogP contribution in [-0.2, 0) is 0 Å². The first-order valence-electron chi connectivity index (χ1n) is 8.95. The lowest BCUT2D eigenvalue weighted by Gasteiger charge is -2.28. The Bertz CT molecular complexity index is 161. The third kappa shape index (κ3) is 5.76. The molecular formula is C18H34. The van der Waals surface area contributed by atoms with Gasteiger partial charge in [-0.3, -0.25) is 0 Å². The van der Waals surface area contributed by atoms with Crippen LogP contribution >= 0.6 is 0 Å². The molecule has 3 saturated carbocycles. The molecule has 0 heteroatoms. The largest absolute Gasteiger partial charge is 0.0533 e. The molecule has 0 N–H and O–H groups in total. The van der Waals surface area contributed by atoms with Crippen molar-refractivity contribution in [3.05, 3.63) is 0 Å². The van der Waals surface area contributed by atoms with Gasteiger partial charge < -0.3 is 0 Å². The highest BCUT2D eigenvalue weighted by Gasteiger charge is 2.20. The summed E-state index contributed by atoms with van der Waals surface area (Å²) in [4.78, 5) is 0. The molecule has 2 bridgehead atoms. The molecule has 0 heterocycles. The van der Waals surface area contributed by atoms with Crippen LogP contribution < -0.4 is 0 Å². The Hall–Kier alpha value is 0. The predicted molar refractivity (Wildman–Crippen MR) is 80.9 cm³/mol. The van der Waals surface area contributed by atoms with E-state index in [1.807, 2.05) is 0 Å². The molecule has 3 aliphatic rings. The average molecular weight is 250 g/mol. The minimum absolute atomic E-state index is 1.11. The maximum atomic E-state index is 1.56. The zero-order valence-corrected chi connectivity index (χ0v) is 12.5. The summed E-state index contributed by atoms with van der Waals surface area (Å²) < 4.78 is 0. The average Bonchev–Trinajstić information content (AvgIpc) is 2.40. The van der Waals surface area contributed by atoms with Gasteiger partial charge in [0.1, 0.15) is 0 Å². The predicted octanol–water partition coefficient (Wildman–Crippen LogP) is 6.49. The zero-order chi connectivity index (χ0) is 12.5. The Balaban J connectivity index is 1.68. The van der Waals surface area contributed by atoms with Crippen LogP contribution in [0.5, 0.6) is 0 Å². The molecule has 18 heavy (non-hydrogen) atoms. The van der Waals surface area contributed by atoms with Gasteiger partial charge in [-0.15, -0.1) is 0 Å². The van der Waals surface area contributed by atoms with Crippen LogP contribution in [0.4, 0.5) is 0 Å². The number of hydrogen-bond donors (Lipinski definition) is 0. The summed E-state index contributed by atoms with van der Waals surface area (Å²) in [6, 6.07) is 0. The first-order valence-corrected chi connectivity index (χ1v) is 8.95. The Labute approximate surface area is 115 Å². The van der Waals surface area contributed by atoms with E-state index in [4.69, 9.17) is 0 Å². The fourth-order valence-corrected chi connectivity index (χ4v) is 4.09. The highest BCUT2D eigenvalue weighted by Crippen LogP contribution is 2.34. The molecule has 0 radical (unpaired) electrons. The van der Waals surface area contributed by atoms with Crippen molar-refractivity contribution in [3.63, 3.8) is 0 Å². The third-order valence-corrected chi connectivity index (χ3v) is 5.44. The molecule has 3 rings (SSSR count). The SMILES string of the molecule is C1CCCCCCC2CCC(CCCCC1)CC2. The number of fused-ring (bicyclic) bond motifs is 13. The van der Waals surface area contributed by atoms with Gasteiger partial charge in [0, 0.05) is 0 Å². The van der Waals surface area contributed by atoms with Gasteiger partial charge in [-0.05, 0) is 11.8 Å². The van der Waals surface area contributed by atoms with Crippen LogP contribution in [0.25, 0.3) is 0 Å². The van der Waals surface area contributed by atoms with E-state index in [9.17, 15) is 0 Å². The Morgan fingerprint density at radius 2 is 0.556 bits per heavy atom. The van der Waals surface area contributed by atoms with Crippen molar-refractivity contribution in [1.82, 2.24) is 0 Å². The first-order chi connectivity index (χ1) is 8.95. The molecule has 0 aromatic carbocycles. The van der Waals surface area contributed by atoms with E-state index in [1.54, 1.807) is 38.5 Å². The van der Waals surface area contributed by atoms with E-state index in [-0.39, 0.29) is 0 Å². The highest BCUT2D eigenvalue weighted by atomic mass is 14.3. The maximum Gasteiger partial charge on any atom is -0.0414 e. The minimum Gasteiger partial charge on any atom is -0.0533 e. The summed E-state index contributed by atoms with van der Waals surface area (Å²) >= 11 is 0. The standard InChI is InChI=1S/C18H34/c1-2-4-6-8-10-12-18-15-13-17(14-16-18)11-9-7-5-3-1/h17-18H,1-16H2. The summed E-state index contributed by atoms with van der Waals surface area (Å²) in [5.74, 6) is 2.21. The normalized spacial score (nSPS) is 33.3. The molecule has 0 unspecified atom stereocenters. The van der Waals surface area contributed by atoms with Crippen molar-refractivity contribution in [3.8, 4) is 0 Å². The van der Waals surface area contributed by atoms with Crippen LogP contribution in [0.15, 0.2) is 0 Å². The van der Waals surface area contributed by atoms with Crippen molar-refractivity contribution >= 4 is 0 Å².